The summed E-state index contributed by atoms with van der Waals surface area (Å²) in [5.41, 5.74) is 2.37. The zero-order chi connectivity index (χ0) is 25.1. The summed E-state index contributed by atoms with van der Waals surface area (Å²) in [6.07, 6.45) is 5.67. The summed E-state index contributed by atoms with van der Waals surface area (Å²) in [5, 5.41) is 12.1. The lowest BCUT2D eigenvalue weighted by Gasteiger charge is -2.32. The number of allylic oxidation sites excluding steroid dienone is 1. The van der Waals surface area contributed by atoms with E-state index in [-0.39, 0.29) is 29.6 Å². The predicted octanol–water partition coefficient (Wildman–Crippen LogP) is 2.96. The molecule has 0 radical (unpaired) electrons. The van der Waals surface area contributed by atoms with Crippen molar-refractivity contribution < 1.29 is 19.2 Å². The van der Waals surface area contributed by atoms with Crippen LogP contribution in [-0.4, -0.2) is 47.3 Å². The van der Waals surface area contributed by atoms with Gasteiger partial charge in [0.2, 0.25) is 5.91 Å². The number of aryl methyl sites for hydroxylation is 1. The molecule has 4 N–H and O–H groups in total. The van der Waals surface area contributed by atoms with Gasteiger partial charge in [0.05, 0.1) is 0 Å². The van der Waals surface area contributed by atoms with Gasteiger partial charge in [-0.25, -0.2) is 4.79 Å². The lowest BCUT2D eigenvalue weighted by atomic mass is 9.85. The number of rotatable bonds is 6. The maximum Gasteiger partial charge on any atom is 0.319 e. The molecule has 2 aliphatic heterocycles. The van der Waals surface area contributed by atoms with Gasteiger partial charge < -0.3 is 21.3 Å². The highest BCUT2D eigenvalue weighted by atomic mass is 35.5. The van der Waals surface area contributed by atoms with Crippen LogP contribution in [0.25, 0.3) is 0 Å². The van der Waals surface area contributed by atoms with E-state index < -0.39 is 17.9 Å². The maximum absolute atomic E-state index is 12.9. The second-order valence-electron chi connectivity index (χ2n) is 9.39. The molecule has 4 rings (SSSR count). The highest BCUT2D eigenvalue weighted by Gasteiger charge is 2.42. The van der Waals surface area contributed by atoms with Crippen molar-refractivity contribution in [2.24, 2.45) is 5.92 Å². The first-order valence-corrected chi connectivity index (χ1v) is 12.2. The molecule has 3 aliphatic rings. The molecule has 10 heteroatoms. The van der Waals surface area contributed by atoms with Crippen molar-refractivity contribution in [3.63, 3.8) is 0 Å². The zero-order valence-corrected chi connectivity index (χ0v) is 20.4. The van der Waals surface area contributed by atoms with Crippen LogP contribution in [0.15, 0.2) is 42.2 Å². The summed E-state index contributed by atoms with van der Waals surface area (Å²) in [5.74, 6) is -1.11. The third kappa shape index (κ3) is 5.85. The predicted molar refractivity (Wildman–Crippen MR) is 132 cm³/mol. The number of halogens is 1. The van der Waals surface area contributed by atoms with E-state index in [9.17, 15) is 19.2 Å². The number of benzene rings is 1. The smallest absolute Gasteiger partial charge is 0.319 e. The van der Waals surface area contributed by atoms with Crippen molar-refractivity contribution in [2.45, 2.75) is 57.5 Å². The molecule has 5 amide bonds. The van der Waals surface area contributed by atoms with E-state index in [1.807, 2.05) is 13.0 Å². The highest BCUT2D eigenvalue weighted by Crippen LogP contribution is 2.27. The van der Waals surface area contributed by atoms with Crippen LogP contribution in [0.3, 0.4) is 0 Å². The van der Waals surface area contributed by atoms with Crippen molar-refractivity contribution >= 4 is 41.0 Å². The molecule has 186 valence electrons. The summed E-state index contributed by atoms with van der Waals surface area (Å²) in [7, 11) is 0. The molecule has 9 nitrogen and oxygen atoms in total. The Morgan fingerprint density at radius 2 is 2.03 bits per heavy atom. The average molecular weight is 500 g/mol. The fourth-order valence-electron chi connectivity index (χ4n) is 4.80. The molecule has 0 aromatic heterocycles. The molecule has 1 saturated carbocycles. The van der Waals surface area contributed by atoms with Gasteiger partial charge in [-0.1, -0.05) is 30.7 Å². The van der Waals surface area contributed by atoms with Crippen molar-refractivity contribution in [1.82, 2.24) is 20.9 Å². The highest BCUT2D eigenvalue weighted by molar-refractivity contribution is 6.31. The van der Waals surface area contributed by atoms with Crippen molar-refractivity contribution in [1.29, 1.82) is 0 Å². The van der Waals surface area contributed by atoms with E-state index in [1.165, 1.54) is 6.08 Å². The van der Waals surface area contributed by atoms with Crippen molar-refractivity contribution in [3.05, 3.63) is 52.8 Å². The summed E-state index contributed by atoms with van der Waals surface area (Å²) in [4.78, 5) is 51.1. The Morgan fingerprint density at radius 1 is 1.23 bits per heavy atom. The topological polar surface area (TPSA) is 120 Å². The molecule has 3 unspecified atom stereocenters. The molecule has 0 spiro atoms. The Hall–Kier alpha value is -3.33. The molecule has 3 atom stereocenters. The Morgan fingerprint density at radius 3 is 2.77 bits per heavy atom. The number of nitrogens with one attached hydrogen (secondary N) is 4. The minimum atomic E-state index is -0.818. The average Bonchev–Trinajstić information content (AvgIpc) is 3.08. The van der Waals surface area contributed by atoms with Gasteiger partial charge in [-0.2, -0.15) is 0 Å². The van der Waals surface area contributed by atoms with E-state index in [1.54, 1.807) is 12.1 Å². The molecular formula is C25H30ClN5O4. The number of piperidine rings is 1. The molecule has 2 fully saturated rings. The van der Waals surface area contributed by atoms with E-state index in [2.05, 4.69) is 27.8 Å². The number of nitrogens with zero attached hydrogens (tertiary/aromatic N) is 1. The number of imide groups is 1. The van der Waals surface area contributed by atoms with Crippen LogP contribution in [0.4, 0.5) is 10.5 Å². The Bertz CT molecular complexity index is 1100. The fraction of sp³-hybridized carbons (Fsp3) is 0.440. The SMILES string of the molecule is C=C1CCC(N2C(=O)C=C(NC3CCCC(CNC(=O)Nc4ccc(C)c(Cl)c4)C3)C2=O)C(=O)N1. The van der Waals surface area contributed by atoms with E-state index in [4.69, 9.17) is 11.6 Å². The molecular weight excluding hydrogens is 470 g/mol. The summed E-state index contributed by atoms with van der Waals surface area (Å²) < 4.78 is 0. The Labute approximate surface area is 209 Å². The van der Waals surface area contributed by atoms with Crippen LogP contribution >= 0.6 is 11.6 Å². The first-order chi connectivity index (χ1) is 16.7. The number of urea groups is 1. The van der Waals surface area contributed by atoms with Gasteiger partial charge in [0.1, 0.15) is 11.7 Å². The van der Waals surface area contributed by atoms with Crippen molar-refractivity contribution in [3.8, 4) is 0 Å². The number of carbonyl (C=O) groups is 4. The number of hydrogen-bond donors (Lipinski definition) is 4. The van der Waals surface area contributed by atoms with Crippen LogP contribution in [0.5, 0.6) is 0 Å². The minimum absolute atomic E-state index is 0.00238. The quantitative estimate of drug-likeness (QED) is 0.449. The molecule has 0 bridgehead atoms. The van der Waals surface area contributed by atoms with Crippen LogP contribution in [0, 0.1) is 12.8 Å². The van der Waals surface area contributed by atoms with Gasteiger partial charge in [0, 0.05) is 35.1 Å². The number of anilines is 1. The van der Waals surface area contributed by atoms with E-state index >= 15 is 0 Å². The lowest BCUT2D eigenvalue weighted by molar-refractivity contribution is -0.146. The molecule has 2 heterocycles. The molecule has 35 heavy (non-hydrogen) atoms. The summed E-state index contributed by atoms with van der Waals surface area (Å²) in [6.45, 7) is 6.12. The summed E-state index contributed by atoms with van der Waals surface area (Å²) >= 11 is 6.11. The van der Waals surface area contributed by atoms with Crippen LogP contribution < -0.4 is 21.3 Å². The van der Waals surface area contributed by atoms with Crippen LogP contribution in [0.1, 0.15) is 44.1 Å². The normalized spacial score (nSPS) is 24.7. The number of hydrogen-bond acceptors (Lipinski definition) is 5. The Balaban J connectivity index is 1.27. The third-order valence-corrected chi connectivity index (χ3v) is 7.12. The second-order valence-corrected chi connectivity index (χ2v) is 9.80. The third-order valence-electron chi connectivity index (χ3n) is 6.71. The standard InChI is InChI=1S/C25H30ClN5O4/c1-14-6-8-18(11-19(14)26)30-25(35)27-13-16-4-3-5-17(10-16)29-20-12-22(32)31(24(20)34)21-9-7-15(2)28-23(21)33/h6,8,11-12,16-17,21,29H,2-5,7,9-10,13H2,1H3,(H,28,33)(H2,27,30,35). The molecule has 1 saturated heterocycles. The first kappa shape index (κ1) is 24.8. The summed E-state index contributed by atoms with van der Waals surface area (Å²) in [6, 6.07) is 4.23. The lowest BCUT2D eigenvalue weighted by Crippen LogP contribution is -2.52. The van der Waals surface area contributed by atoms with Crippen LogP contribution in [0.2, 0.25) is 5.02 Å². The number of carbonyl (C=O) groups excluding carboxylic acids is 4. The molecule has 1 aliphatic carbocycles. The maximum atomic E-state index is 12.9. The minimum Gasteiger partial charge on any atom is -0.378 e. The first-order valence-electron chi connectivity index (χ1n) is 11.9. The zero-order valence-electron chi connectivity index (χ0n) is 19.7. The largest absolute Gasteiger partial charge is 0.378 e. The van der Waals surface area contributed by atoms with Crippen LogP contribution in [-0.2, 0) is 14.4 Å². The fourth-order valence-corrected chi connectivity index (χ4v) is 4.98. The van der Waals surface area contributed by atoms with Gasteiger partial charge in [-0.3, -0.25) is 19.3 Å². The molecule has 1 aromatic rings. The molecule has 1 aromatic carbocycles. The van der Waals surface area contributed by atoms with Gasteiger partial charge in [0.25, 0.3) is 11.8 Å². The van der Waals surface area contributed by atoms with E-state index in [0.717, 1.165) is 36.1 Å². The monoisotopic (exact) mass is 499 g/mol. The van der Waals surface area contributed by atoms with Gasteiger partial charge in [-0.05, 0) is 62.6 Å². The van der Waals surface area contributed by atoms with Gasteiger partial charge >= 0.3 is 6.03 Å². The second kappa shape index (κ2) is 10.5. The van der Waals surface area contributed by atoms with Crippen molar-refractivity contribution in [2.75, 3.05) is 11.9 Å². The van der Waals surface area contributed by atoms with Gasteiger partial charge in [0.15, 0.2) is 0 Å². The van der Waals surface area contributed by atoms with Gasteiger partial charge in [-0.15, -0.1) is 0 Å². The Kier molecular flexibility index (Phi) is 7.45. The number of amides is 5. The van der Waals surface area contributed by atoms with E-state index in [0.29, 0.717) is 35.8 Å².